The maximum atomic E-state index is 14.9. The first-order valence-electron chi connectivity index (χ1n) is 5.82. The van der Waals surface area contributed by atoms with Crippen LogP contribution in [0.25, 0.3) is 0 Å². The Kier molecular flexibility index (Phi) is 4.15. The van der Waals surface area contributed by atoms with E-state index >= 15 is 0 Å². The molecule has 2 heterocycles. The lowest BCUT2D eigenvalue weighted by atomic mass is 9.95. The fourth-order valence-corrected chi connectivity index (χ4v) is 2.20. The predicted molar refractivity (Wildman–Crippen MR) is 68.2 cm³/mol. The maximum Gasteiger partial charge on any atom is 0.347 e. The van der Waals surface area contributed by atoms with Crippen molar-refractivity contribution in [1.82, 2.24) is 14.8 Å². The molecule has 1 fully saturated rings. The molecule has 0 bridgehead atoms. The van der Waals surface area contributed by atoms with E-state index in [0.717, 1.165) is 6.20 Å². The molecule has 0 spiro atoms. The zero-order chi connectivity index (χ0) is 15.8. The Balaban J connectivity index is 2.56. The van der Waals surface area contributed by atoms with Gasteiger partial charge in [-0.05, 0) is 24.4 Å². The van der Waals surface area contributed by atoms with Gasteiger partial charge in [-0.25, -0.2) is 9.18 Å². The van der Waals surface area contributed by atoms with Crippen LogP contribution in [0.1, 0.15) is 13.2 Å². The van der Waals surface area contributed by atoms with Gasteiger partial charge in [0.15, 0.2) is 0 Å². The van der Waals surface area contributed by atoms with Crippen molar-refractivity contribution < 1.29 is 19.3 Å². The van der Waals surface area contributed by atoms with Gasteiger partial charge in [0.05, 0.1) is 6.10 Å². The molecule has 10 heteroatoms. The lowest BCUT2D eigenvalue weighted by molar-refractivity contribution is -0.0850. The van der Waals surface area contributed by atoms with E-state index in [-0.39, 0.29) is 0 Å². The van der Waals surface area contributed by atoms with Crippen LogP contribution in [-0.2, 0) is 4.74 Å². The SMILES string of the molecule is C[C@H](O)[C@H]1O[C@@H](n2ncc(=O)[nH]c2=O)[C@@](F)(C#CCl)C1O. The summed E-state index contributed by atoms with van der Waals surface area (Å²) in [5.74, 6) is 1.92. The lowest BCUT2D eigenvalue weighted by Crippen LogP contribution is -2.46. The third-order valence-corrected chi connectivity index (χ3v) is 3.16. The van der Waals surface area contributed by atoms with Crippen LogP contribution < -0.4 is 11.2 Å². The number of ether oxygens (including phenoxy) is 1. The Bertz CT molecular complexity index is 708. The van der Waals surface area contributed by atoms with Crippen molar-refractivity contribution in [2.45, 2.75) is 37.1 Å². The normalized spacial score (nSPS) is 33.3. The van der Waals surface area contributed by atoms with Gasteiger partial charge in [0, 0.05) is 5.38 Å². The van der Waals surface area contributed by atoms with Gasteiger partial charge < -0.3 is 14.9 Å². The van der Waals surface area contributed by atoms with Crippen LogP contribution in [0.3, 0.4) is 0 Å². The van der Waals surface area contributed by atoms with E-state index in [1.54, 1.807) is 5.38 Å². The Hall–Kier alpha value is -1.73. The first kappa shape index (κ1) is 15.7. The van der Waals surface area contributed by atoms with E-state index in [9.17, 15) is 24.2 Å². The van der Waals surface area contributed by atoms with Crippen molar-refractivity contribution in [2.24, 2.45) is 0 Å². The van der Waals surface area contributed by atoms with E-state index in [0.29, 0.717) is 4.68 Å². The zero-order valence-electron chi connectivity index (χ0n) is 10.7. The summed E-state index contributed by atoms with van der Waals surface area (Å²) in [6.45, 7) is 1.27. The fourth-order valence-electron chi connectivity index (χ4n) is 2.06. The van der Waals surface area contributed by atoms with E-state index in [1.165, 1.54) is 6.92 Å². The van der Waals surface area contributed by atoms with Gasteiger partial charge in [0.25, 0.3) is 5.56 Å². The molecule has 5 atom stereocenters. The Labute approximate surface area is 122 Å². The zero-order valence-corrected chi connectivity index (χ0v) is 11.4. The number of aliphatic hydroxyl groups is 2. The molecular weight excluding hydrogens is 309 g/mol. The predicted octanol–water partition coefficient (Wildman–Crippen LogP) is -1.52. The van der Waals surface area contributed by atoms with Crippen LogP contribution in [0.4, 0.5) is 4.39 Å². The second kappa shape index (κ2) is 5.57. The number of aliphatic hydroxyl groups excluding tert-OH is 2. The first-order chi connectivity index (χ1) is 9.81. The molecule has 8 nitrogen and oxygen atoms in total. The molecule has 0 aromatic carbocycles. The van der Waals surface area contributed by atoms with Crippen molar-refractivity contribution >= 4 is 11.6 Å². The molecule has 21 heavy (non-hydrogen) atoms. The highest BCUT2D eigenvalue weighted by Crippen LogP contribution is 2.41. The molecule has 1 aliphatic rings. The Morgan fingerprint density at radius 3 is 2.86 bits per heavy atom. The number of hydrogen-bond acceptors (Lipinski definition) is 6. The largest absolute Gasteiger partial charge is 0.391 e. The lowest BCUT2D eigenvalue weighted by Gasteiger charge is -2.22. The van der Waals surface area contributed by atoms with Crippen molar-refractivity contribution in [1.29, 1.82) is 0 Å². The summed E-state index contributed by atoms with van der Waals surface area (Å²) in [6.07, 6.45) is -5.49. The molecule has 0 aliphatic carbocycles. The minimum Gasteiger partial charge on any atom is -0.391 e. The van der Waals surface area contributed by atoms with Crippen LogP contribution in [0.2, 0.25) is 0 Å². The standard InChI is InChI=1S/C11H11ClFN3O5/c1-5(17)7-8(19)11(13,2-3-12)9(21-7)16-10(20)15-6(18)4-14-16/h4-5,7-9,17,19H,1H3,(H,15,18,20)/t5-,7+,8?,9+,11+/m0/s1. The third-order valence-electron chi connectivity index (χ3n) is 3.06. The van der Waals surface area contributed by atoms with Gasteiger partial charge in [-0.3, -0.25) is 9.78 Å². The van der Waals surface area contributed by atoms with Crippen LogP contribution in [0.5, 0.6) is 0 Å². The number of nitrogens with one attached hydrogen (secondary N) is 1. The Morgan fingerprint density at radius 2 is 2.33 bits per heavy atom. The molecule has 1 aromatic rings. The van der Waals surface area contributed by atoms with E-state index < -0.39 is 41.5 Å². The number of aromatic amines is 1. The summed E-state index contributed by atoms with van der Waals surface area (Å²) in [5.41, 5.74) is -4.61. The molecule has 0 radical (unpaired) electrons. The average molecular weight is 320 g/mol. The third kappa shape index (κ3) is 2.58. The molecule has 1 aliphatic heterocycles. The summed E-state index contributed by atoms with van der Waals surface area (Å²) < 4.78 is 20.5. The minimum absolute atomic E-state index is 0.480. The molecule has 3 N–H and O–H groups in total. The minimum atomic E-state index is -2.78. The van der Waals surface area contributed by atoms with E-state index in [2.05, 4.69) is 5.10 Å². The van der Waals surface area contributed by atoms with Gasteiger partial charge >= 0.3 is 5.69 Å². The van der Waals surface area contributed by atoms with E-state index in [4.69, 9.17) is 16.3 Å². The van der Waals surface area contributed by atoms with Gasteiger partial charge in [-0.1, -0.05) is 0 Å². The summed E-state index contributed by atoms with van der Waals surface area (Å²) in [7, 11) is 0. The number of alkyl halides is 1. The van der Waals surface area contributed by atoms with E-state index in [1.807, 2.05) is 10.9 Å². The van der Waals surface area contributed by atoms with Crippen LogP contribution in [0.15, 0.2) is 15.8 Å². The monoisotopic (exact) mass is 319 g/mol. The average Bonchev–Trinajstić information content (AvgIpc) is 2.64. The number of halogens is 2. The quantitative estimate of drug-likeness (QED) is 0.570. The highest BCUT2D eigenvalue weighted by molar-refractivity contribution is 6.30. The van der Waals surface area contributed by atoms with Crippen LogP contribution >= 0.6 is 11.6 Å². The van der Waals surface area contributed by atoms with Crippen molar-refractivity contribution in [3.05, 3.63) is 27.0 Å². The fraction of sp³-hybridized carbons (Fsp3) is 0.545. The van der Waals surface area contributed by atoms with Gasteiger partial charge in [-0.15, -0.1) is 0 Å². The smallest absolute Gasteiger partial charge is 0.347 e. The van der Waals surface area contributed by atoms with Gasteiger partial charge in [0.1, 0.15) is 18.4 Å². The first-order valence-corrected chi connectivity index (χ1v) is 6.20. The molecule has 1 aromatic heterocycles. The molecule has 114 valence electrons. The number of aromatic nitrogens is 3. The highest BCUT2D eigenvalue weighted by Gasteiger charge is 2.59. The molecule has 1 saturated heterocycles. The van der Waals surface area contributed by atoms with Crippen molar-refractivity contribution in [3.63, 3.8) is 0 Å². The topological polar surface area (TPSA) is 117 Å². The van der Waals surface area contributed by atoms with Gasteiger partial charge in [0.2, 0.25) is 11.9 Å². The number of hydrogen-bond donors (Lipinski definition) is 3. The number of nitrogens with zero attached hydrogens (tertiary/aromatic N) is 2. The van der Waals surface area contributed by atoms with Crippen LogP contribution in [-0.4, -0.2) is 49.0 Å². The second-order valence-electron chi connectivity index (χ2n) is 4.51. The Morgan fingerprint density at radius 1 is 1.67 bits per heavy atom. The molecule has 1 unspecified atom stereocenters. The van der Waals surface area contributed by atoms with Gasteiger partial charge in [-0.2, -0.15) is 9.78 Å². The molecule has 0 amide bonds. The van der Waals surface area contributed by atoms with Crippen molar-refractivity contribution in [3.8, 4) is 11.3 Å². The molecule has 0 saturated carbocycles. The second-order valence-corrected chi connectivity index (χ2v) is 4.70. The van der Waals surface area contributed by atoms with Crippen molar-refractivity contribution in [2.75, 3.05) is 0 Å². The molecular formula is C11H11ClFN3O5. The van der Waals surface area contributed by atoms with Crippen LogP contribution in [0, 0.1) is 11.3 Å². The number of H-pyrrole nitrogens is 1. The number of rotatable bonds is 2. The molecule has 2 rings (SSSR count). The highest BCUT2D eigenvalue weighted by atomic mass is 35.5. The maximum absolute atomic E-state index is 14.9. The summed E-state index contributed by atoms with van der Waals surface area (Å²) in [4.78, 5) is 24.5. The summed E-state index contributed by atoms with van der Waals surface area (Å²) in [6, 6.07) is 0. The summed E-state index contributed by atoms with van der Waals surface area (Å²) in [5, 5.41) is 24.7. The summed E-state index contributed by atoms with van der Waals surface area (Å²) >= 11 is 5.19.